The first-order valence-electron chi connectivity index (χ1n) is 4.59. The molecule has 0 aromatic carbocycles. The van der Waals surface area contributed by atoms with Gasteiger partial charge in [0.1, 0.15) is 0 Å². The molecule has 0 radical (unpaired) electrons. The molecule has 0 aliphatic carbocycles. The van der Waals surface area contributed by atoms with Crippen LogP contribution >= 0.6 is 0 Å². The van der Waals surface area contributed by atoms with Crippen LogP contribution in [0, 0.1) is 0 Å². The number of nitrogens with zero attached hydrogens (tertiary/aromatic N) is 1. The first-order chi connectivity index (χ1) is 5.93. The monoisotopic (exact) mass is 173 g/mol. The topological polar surface area (TPSA) is 36.5 Å². The fourth-order valence-corrected chi connectivity index (χ4v) is 1.28. The summed E-state index contributed by atoms with van der Waals surface area (Å²) in [4.78, 5) is 2.42. The van der Waals surface area contributed by atoms with Crippen molar-refractivity contribution >= 4 is 0 Å². The minimum atomic E-state index is 0.893. The van der Waals surface area contributed by atoms with Gasteiger partial charge in [-0.1, -0.05) is 0 Å². The van der Waals surface area contributed by atoms with E-state index in [0.717, 1.165) is 46.1 Å². The summed E-state index contributed by atoms with van der Waals surface area (Å²) < 4.78 is 5.25. The lowest BCUT2D eigenvalue weighted by Crippen LogP contribution is -2.41. The molecule has 0 spiro atoms. The average molecular weight is 173 g/mol. The van der Waals surface area contributed by atoms with Crippen molar-refractivity contribution in [3.05, 3.63) is 0 Å². The highest BCUT2D eigenvalue weighted by atomic mass is 16.5. The molecule has 0 aromatic heterocycles. The molecule has 1 saturated heterocycles. The summed E-state index contributed by atoms with van der Waals surface area (Å²) in [6.07, 6.45) is 0. The van der Waals surface area contributed by atoms with Gasteiger partial charge < -0.3 is 15.4 Å². The van der Waals surface area contributed by atoms with Gasteiger partial charge in [-0.05, 0) is 7.05 Å². The summed E-state index contributed by atoms with van der Waals surface area (Å²) in [5, 5.41) is 6.34. The summed E-state index contributed by atoms with van der Waals surface area (Å²) >= 11 is 0. The predicted octanol–water partition coefficient (Wildman–Crippen LogP) is -0.915. The second-order valence-electron chi connectivity index (χ2n) is 2.98. The summed E-state index contributed by atoms with van der Waals surface area (Å²) in [6, 6.07) is 0. The molecule has 0 atom stereocenters. The Labute approximate surface area is 74.3 Å². The van der Waals surface area contributed by atoms with Crippen molar-refractivity contribution in [1.82, 2.24) is 15.5 Å². The molecule has 0 amide bonds. The van der Waals surface area contributed by atoms with Gasteiger partial charge in [0.2, 0.25) is 0 Å². The predicted molar refractivity (Wildman–Crippen MR) is 49.2 cm³/mol. The first-order valence-corrected chi connectivity index (χ1v) is 4.59. The lowest BCUT2D eigenvalue weighted by molar-refractivity contribution is 0.0384. The maximum absolute atomic E-state index is 5.25. The van der Waals surface area contributed by atoms with Gasteiger partial charge in [0.15, 0.2) is 0 Å². The Morgan fingerprint density at radius 3 is 2.75 bits per heavy atom. The molecule has 1 heterocycles. The van der Waals surface area contributed by atoms with E-state index in [-0.39, 0.29) is 0 Å². The van der Waals surface area contributed by atoms with Crippen molar-refractivity contribution in [1.29, 1.82) is 0 Å². The molecule has 1 fully saturated rings. The van der Waals surface area contributed by atoms with Crippen molar-refractivity contribution < 1.29 is 4.74 Å². The second kappa shape index (κ2) is 6.37. The minimum Gasteiger partial charge on any atom is -0.379 e. The van der Waals surface area contributed by atoms with Gasteiger partial charge in [0.25, 0.3) is 0 Å². The quantitative estimate of drug-likeness (QED) is 0.417. The molecular weight excluding hydrogens is 154 g/mol. The summed E-state index contributed by atoms with van der Waals surface area (Å²) in [7, 11) is 1.95. The lowest BCUT2D eigenvalue weighted by atomic mass is 10.4. The molecule has 0 saturated carbocycles. The molecule has 1 rings (SSSR count). The lowest BCUT2D eigenvalue weighted by Gasteiger charge is -2.26. The maximum Gasteiger partial charge on any atom is 0.0594 e. The Morgan fingerprint density at radius 1 is 1.33 bits per heavy atom. The third-order valence-corrected chi connectivity index (χ3v) is 2.01. The Balaban J connectivity index is 1.91. The Hall–Kier alpha value is -0.160. The van der Waals surface area contributed by atoms with Gasteiger partial charge >= 0.3 is 0 Å². The second-order valence-corrected chi connectivity index (χ2v) is 2.98. The van der Waals surface area contributed by atoms with Crippen LogP contribution in [-0.2, 0) is 4.74 Å². The van der Waals surface area contributed by atoms with E-state index in [0.29, 0.717) is 0 Å². The van der Waals surface area contributed by atoms with Gasteiger partial charge in [-0.15, -0.1) is 0 Å². The fraction of sp³-hybridized carbons (Fsp3) is 1.00. The third-order valence-electron chi connectivity index (χ3n) is 2.01. The van der Waals surface area contributed by atoms with E-state index in [1.165, 1.54) is 0 Å². The zero-order chi connectivity index (χ0) is 8.65. The van der Waals surface area contributed by atoms with Crippen LogP contribution in [0.5, 0.6) is 0 Å². The van der Waals surface area contributed by atoms with Crippen LogP contribution in [0.2, 0.25) is 0 Å². The van der Waals surface area contributed by atoms with Gasteiger partial charge in [0.05, 0.1) is 13.2 Å². The molecule has 1 aliphatic rings. The van der Waals surface area contributed by atoms with Crippen LogP contribution in [0.4, 0.5) is 0 Å². The van der Waals surface area contributed by atoms with E-state index >= 15 is 0 Å². The summed E-state index contributed by atoms with van der Waals surface area (Å²) in [5.41, 5.74) is 0. The highest BCUT2D eigenvalue weighted by Crippen LogP contribution is 1.94. The molecule has 0 bridgehead atoms. The normalized spacial score (nSPS) is 19.8. The molecule has 1 aliphatic heterocycles. The van der Waals surface area contributed by atoms with Crippen LogP contribution in [0.3, 0.4) is 0 Å². The van der Waals surface area contributed by atoms with Crippen molar-refractivity contribution in [2.75, 3.05) is 53.1 Å². The van der Waals surface area contributed by atoms with Crippen LogP contribution in [-0.4, -0.2) is 58.0 Å². The Bertz CT molecular complexity index is 104. The number of nitrogens with one attached hydrogen (secondary N) is 2. The average Bonchev–Trinajstić information content (AvgIpc) is 2.14. The number of morpholine rings is 1. The molecule has 0 aromatic rings. The van der Waals surface area contributed by atoms with E-state index in [1.807, 2.05) is 7.05 Å². The molecule has 2 N–H and O–H groups in total. The van der Waals surface area contributed by atoms with Crippen molar-refractivity contribution in [2.45, 2.75) is 0 Å². The minimum absolute atomic E-state index is 0.893. The molecule has 72 valence electrons. The SMILES string of the molecule is CNCNCCN1CCOCC1. The molecular formula is C8H19N3O. The third kappa shape index (κ3) is 4.01. The smallest absolute Gasteiger partial charge is 0.0594 e. The molecule has 4 nitrogen and oxygen atoms in total. The van der Waals surface area contributed by atoms with Crippen molar-refractivity contribution in [3.8, 4) is 0 Å². The van der Waals surface area contributed by atoms with E-state index in [1.54, 1.807) is 0 Å². The van der Waals surface area contributed by atoms with E-state index in [2.05, 4.69) is 15.5 Å². The molecule has 4 heteroatoms. The Morgan fingerprint density at radius 2 is 2.08 bits per heavy atom. The number of hydrogen-bond donors (Lipinski definition) is 2. The highest BCUT2D eigenvalue weighted by Gasteiger charge is 2.08. The maximum atomic E-state index is 5.25. The largest absolute Gasteiger partial charge is 0.379 e. The highest BCUT2D eigenvalue weighted by molar-refractivity contribution is 4.62. The van der Waals surface area contributed by atoms with Crippen LogP contribution in [0.25, 0.3) is 0 Å². The van der Waals surface area contributed by atoms with Gasteiger partial charge in [0, 0.05) is 32.8 Å². The standard InChI is InChI=1S/C8H19N3O/c1-9-8-10-2-3-11-4-6-12-7-5-11/h9-10H,2-8H2,1H3. The summed E-state index contributed by atoms with van der Waals surface area (Å²) in [6.45, 7) is 7.04. The summed E-state index contributed by atoms with van der Waals surface area (Å²) in [5.74, 6) is 0. The van der Waals surface area contributed by atoms with E-state index < -0.39 is 0 Å². The molecule has 0 unspecified atom stereocenters. The van der Waals surface area contributed by atoms with Crippen molar-refractivity contribution in [2.24, 2.45) is 0 Å². The van der Waals surface area contributed by atoms with Gasteiger partial charge in [-0.25, -0.2) is 0 Å². The van der Waals surface area contributed by atoms with Gasteiger partial charge in [-0.2, -0.15) is 0 Å². The van der Waals surface area contributed by atoms with Gasteiger partial charge in [-0.3, -0.25) is 4.90 Å². The first kappa shape index (κ1) is 9.92. The van der Waals surface area contributed by atoms with Crippen molar-refractivity contribution in [3.63, 3.8) is 0 Å². The van der Waals surface area contributed by atoms with Crippen LogP contribution in [0.15, 0.2) is 0 Å². The van der Waals surface area contributed by atoms with E-state index in [9.17, 15) is 0 Å². The van der Waals surface area contributed by atoms with Crippen LogP contribution in [0.1, 0.15) is 0 Å². The van der Waals surface area contributed by atoms with Crippen LogP contribution < -0.4 is 10.6 Å². The zero-order valence-corrected chi connectivity index (χ0v) is 7.81. The number of rotatable bonds is 5. The zero-order valence-electron chi connectivity index (χ0n) is 7.81. The number of hydrogen-bond acceptors (Lipinski definition) is 4. The molecule has 12 heavy (non-hydrogen) atoms. The fourth-order valence-electron chi connectivity index (χ4n) is 1.28. The van der Waals surface area contributed by atoms with E-state index in [4.69, 9.17) is 4.74 Å². The Kier molecular flexibility index (Phi) is 5.27. The number of ether oxygens (including phenoxy) is 1.